The second-order valence-electron chi connectivity index (χ2n) is 4.12. The van der Waals surface area contributed by atoms with Gasteiger partial charge in [-0.3, -0.25) is 0 Å². The molecule has 2 rings (SSSR count). The molecule has 5 heteroatoms. The van der Waals surface area contributed by atoms with E-state index in [1.165, 1.54) is 12.7 Å². The molecule has 1 atom stereocenters. The number of benzene rings is 1. The van der Waals surface area contributed by atoms with Crippen LogP contribution in [0, 0.1) is 13.8 Å². The summed E-state index contributed by atoms with van der Waals surface area (Å²) >= 11 is 5.89. The number of nitrogens with one attached hydrogen (secondary N) is 1. The Morgan fingerprint density at radius 3 is 2.67 bits per heavy atom. The first kappa shape index (κ1) is 12.9. The molecular formula is C13H14ClNO3. The summed E-state index contributed by atoms with van der Waals surface area (Å²) in [5.41, 5.74) is 3.62. The number of hydrogen-bond acceptors (Lipinski definition) is 4. The lowest BCUT2D eigenvalue weighted by atomic mass is 10.1. The fourth-order valence-corrected chi connectivity index (χ4v) is 1.86. The molecular weight excluding hydrogens is 254 g/mol. The Labute approximate surface area is 111 Å². The van der Waals surface area contributed by atoms with Crippen LogP contribution >= 0.6 is 11.6 Å². The zero-order chi connectivity index (χ0) is 13.3. The normalized spacial score (nSPS) is 19.1. The molecule has 0 fully saturated rings. The van der Waals surface area contributed by atoms with Gasteiger partial charge in [0.1, 0.15) is 5.70 Å². The van der Waals surface area contributed by atoms with Crippen molar-refractivity contribution in [3.63, 3.8) is 0 Å². The summed E-state index contributed by atoms with van der Waals surface area (Å²) in [5, 5.41) is 3.09. The van der Waals surface area contributed by atoms with Crippen LogP contribution in [0.1, 0.15) is 11.1 Å². The van der Waals surface area contributed by atoms with Crippen LogP contribution < -0.4 is 5.32 Å². The van der Waals surface area contributed by atoms with Crippen LogP contribution in [0.5, 0.6) is 0 Å². The maximum Gasteiger partial charge on any atom is 0.354 e. The third kappa shape index (κ3) is 2.35. The minimum Gasteiger partial charge on any atom is -0.425 e. The molecule has 1 aliphatic heterocycles. The number of halogens is 1. The second-order valence-corrected chi connectivity index (χ2v) is 4.50. The number of cyclic esters (lactones) is 1. The number of ether oxygens (including phenoxy) is 2. The van der Waals surface area contributed by atoms with E-state index in [-0.39, 0.29) is 5.03 Å². The van der Waals surface area contributed by atoms with Gasteiger partial charge in [-0.05, 0) is 37.1 Å². The molecule has 0 aromatic heterocycles. The fourth-order valence-electron chi connectivity index (χ4n) is 1.68. The van der Waals surface area contributed by atoms with E-state index in [9.17, 15) is 4.79 Å². The summed E-state index contributed by atoms with van der Waals surface area (Å²) in [5.74, 6) is -0.574. The smallest absolute Gasteiger partial charge is 0.354 e. The average Bonchev–Trinajstić information content (AvgIpc) is 2.61. The topological polar surface area (TPSA) is 47.6 Å². The highest BCUT2D eigenvalue weighted by atomic mass is 35.5. The van der Waals surface area contributed by atoms with Crippen molar-refractivity contribution in [1.29, 1.82) is 0 Å². The Balaban J connectivity index is 2.27. The Morgan fingerprint density at radius 2 is 2.06 bits per heavy atom. The molecule has 0 unspecified atom stereocenters. The van der Waals surface area contributed by atoms with Gasteiger partial charge in [-0.1, -0.05) is 17.7 Å². The van der Waals surface area contributed by atoms with E-state index in [1.54, 1.807) is 0 Å². The molecule has 0 saturated carbocycles. The summed E-state index contributed by atoms with van der Waals surface area (Å²) in [7, 11) is 1.45. The predicted octanol–water partition coefficient (Wildman–Crippen LogP) is 2.70. The van der Waals surface area contributed by atoms with Crippen LogP contribution in [0.3, 0.4) is 0 Å². The number of carbonyl (C=O) groups is 1. The van der Waals surface area contributed by atoms with E-state index >= 15 is 0 Å². The highest BCUT2D eigenvalue weighted by Gasteiger charge is 2.33. The van der Waals surface area contributed by atoms with Gasteiger partial charge in [-0.2, -0.15) is 0 Å². The third-order valence-electron chi connectivity index (χ3n) is 2.87. The molecule has 1 aliphatic rings. The minimum atomic E-state index is -0.772. The largest absolute Gasteiger partial charge is 0.425 e. The number of carbonyl (C=O) groups excluding carboxylic acids is 1. The van der Waals surface area contributed by atoms with E-state index in [0.29, 0.717) is 5.70 Å². The van der Waals surface area contributed by atoms with Gasteiger partial charge in [0.2, 0.25) is 6.29 Å². The number of methoxy groups -OCH3 is 1. The Kier molecular flexibility index (Phi) is 3.59. The van der Waals surface area contributed by atoms with Gasteiger partial charge >= 0.3 is 5.97 Å². The molecule has 0 bridgehead atoms. The Morgan fingerprint density at radius 1 is 1.33 bits per heavy atom. The number of rotatable bonds is 3. The summed E-state index contributed by atoms with van der Waals surface area (Å²) in [6.45, 7) is 4.05. The summed E-state index contributed by atoms with van der Waals surface area (Å²) in [6.07, 6.45) is -0.772. The lowest BCUT2D eigenvalue weighted by Gasteiger charge is -2.14. The lowest BCUT2D eigenvalue weighted by molar-refractivity contribution is -0.155. The van der Waals surface area contributed by atoms with Gasteiger partial charge in [-0.15, -0.1) is 0 Å². The summed E-state index contributed by atoms with van der Waals surface area (Å²) in [6, 6.07) is 5.88. The zero-order valence-electron chi connectivity index (χ0n) is 10.4. The van der Waals surface area contributed by atoms with E-state index in [0.717, 1.165) is 11.3 Å². The van der Waals surface area contributed by atoms with Crippen molar-refractivity contribution in [1.82, 2.24) is 0 Å². The molecule has 96 valence electrons. The molecule has 0 saturated heterocycles. The number of anilines is 1. The second kappa shape index (κ2) is 5.00. The standard InChI is InChI=1S/C13H14ClNO3/c1-7-4-5-9(6-8(7)2)15-11-10(14)12(16)18-13(11)17-3/h4-6,13,15H,1-3H3/t13-/m0/s1. The highest BCUT2D eigenvalue weighted by Crippen LogP contribution is 2.28. The average molecular weight is 268 g/mol. The van der Waals surface area contributed by atoms with Gasteiger partial charge in [-0.25, -0.2) is 4.79 Å². The Bertz CT molecular complexity index is 525. The molecule has 1 N–H and O–H groups in total. The van der Waals surface area contributed by atoms with Crippen molar-refractivity contribution in [2.24, 2.45) is 0 Å². The van der Waals surface area contributed by atoms with Crippen LogP contribution in [0.15, 0.2) is 28.9 Å². The fraction of sp³-hybridized carbons (Fsp3) is 0.308. The van der Waals surface area contributed by atoms with Crippen LogP contribution in [0.25, 0.3) is 0 Å². The molecule has 0 amide bonds. The third-order valence-corrected chi connectivity index (χ3v) is 3.22. The van der Waals surface area contributed by atoms with Crippen LogP contribution in [0.2, 0.25) is 0 Å². The molecule has 18 heavy (non-hydrogen) atoms. The summed E-state index contributed by atoms with van der Waals surface area (Å²) < 4.78 is 9.97. The van der Waals surface area contributed by atoms with Crippen molar-refractivity contribution < 1.29 is 14.3 Å². The molecule has 0 spiro atoms. The quantitative estimate of drug-likeness (QED) is 0.856. The van der Waals surface area contributed by atoms with E-state index < -0.39 is 12.3 Å². The SMILES string of the molecule is CO[C@H]1OC(=O)C(Cl)=C1Nc1ccc(C)c(C)c1. The van der Waals surface area contributed by atoms with Gasteiger partial charge in [0.15, 0.2) is 5.03 Å². The molecule has 1 heterocycles. The van der Waals surface area contributed by atoms with E-state index in [4.69, 9.17) is 21.1 Å². The number of esters is 1. The first-order chi connectivity index (χ1) is 8.52. The maximum atomic E-state index is 11.3. The Hall–Kier alpha value is -1.52. The molecule has 4 nitrogen and oxygen atoms in total. The van der Waals surface area contributed by atoms with E-state index in [1.807, 2.05) is 32.0 Å². The maximum absolute atomic E-state index is 11.3. The number of hydrogen-bond donors (Lipinski definition) is 1. The van der Waals surface area contributed by atoms with Gasteiger partial charge < -0.3 is 14.8 Å². The lowest BCUT2D eigenvalue weighted by Crippen LogP contribution is -2.18. The van der Waals surface area contributed by atoms with Crippen molar-refractivity contribution >= 4 is 23.3 Å². The van der Waals surface area contributed by atoms with Crippen LogP contribution in [0.4, 0.5) is 5.69 Å². The molecule has 1 aromatic rings. The van der Waals surface area contributed by atoms with Gasteiger partial charge in [0.25, 0.3) is 0 Å². The zero-order valence-corrected chi connectivity index (χ0v) is 11.2. The van der Waals surface area contributed by atoms with Gasteiger partial charge in [0.05, 0.1) is 0 Å². The molecule has 0 radical (unpaired) electrons. The summed E-state index contributed by atoms with van der Waals surface area (Å²) in [4.78, 5) is 11.3. The first-order valence-electron chi connectivity index (χ1n) is 5.50. The minimum absolute atomic E-state index is 0.0279. The predicted molar refractivity (Wildman–Crippen MR) is 69.3 cm³/mol. The van der Waals surface area contributed by atoms with E-state index in [2.05, 4.69) is 5.32 Å². The van der Waals surface area contributed by atoms with Crippen molar-refractivity contribution in [2.75, 3.05) is 12.4 Å². The van der Waals surface area contributed by atoms with Crippen LogP contribution in [-0.2, 0) is 14.3 Å². The van der Waals surface area contributed by atoms with Crippen molar-refractivity contribution in [3.05, 3.63) is 40.1 Å². The molecule has 0 aliphatic carbocycles. The van der Waals surface area contributed by atoms with Gasteiger partial charge in [0, 0.05) is 12.8 Å². The van der Waals surface area contributed by atoms with Crippen molar-refractivity contribution in [3.8, 4) is 0 Å². The van der Waals surface area contributed by atoms with Crippen LogP contribution in [-0.4, -0.2) is 19.4 Å². The molecule has 1 aromatic carbocycles. The highest BCUT2D eigenvalue weighted by molar-refractivity contribution is 6.42. The number of aryl methyl sites for hydroxylation is 2. The first-order valence-corrected chi connectivity index (χ1v) is 5.88. The monoisotopic (exact) mass is 267 g/mol. The van der Waals surface area contributed by atoms with Crippen molar-refractivity contribution in [2.45, 2.75) is 20.1 Å².